The molecule has 6 heteroatoms. The summed E-state index contributed by atoms with van der Waals surface area (Å²) >= 11 is 6.23. The number of benzene rings is 1. The number of hydrogen-bond donors (Lipinski definition) is 1. The Morgan fingerprint density at radius 3 is 2.69 bits per heavy atom. The number of carbonyl (C=O) groups is 2. The predicted octanol–water partition coefficient (Wildman–Crippen LogP) is 2.67. The predicted molar refractivity (Wildman–Crippen MR) is 67.3 cm³/mol. The fraction of sp³-hybridized carbons (Fsp3) is 0.200. The molecule has 1 N–H and O–H groups in total. The Labute approximate surface area is 110 Å². The number of rotatable bonds is 3. The largest absolute Gasteiger partial charge is 0.441 e. The number of alkyl halides is 1. The molecule has 86 valence electrons. The Bertz CT molecular complexity index is 409. The van der Waals surface area contributed by atoms with E-state index < -0.39 is 16.9 Å². The van der Waals surface area contributed by atoms with Crippen LogP contribution in [0.2, 0.25) is 0 Å². The van der Waals surface area contributed by atoms with Gasteiger partial charge in [-0.1, -0.05) is 22.0 Å². The van der Waals surface area contributed by atoms with Crippen molar-refractivity contribution in [3.63, 3.8) is 0 Å². The van der Waals surface area contributed by atoms with Crippen LogP contribution in [0.15, 0.2) is 28.7 Å². The zero-order chi connectivity index (χ0) is 12.1. The van der Waals surface area contributed by atoms with Crippen molar-refractivity contribution in [1.82, 2.24) is 0 Å². The van der Waals surface area contributed by atoms with Crippen molar-refractivity contribution >= 4 is 49.4 Å². The Balaban J connectivity index is 2.60. The lowest BCUT2D eigenvalue weighted by Crippen LogP contribution is -2.26. The minimum atomic E-state index is -0.982. The van der Waals surface area contributed by atoms with E-state index in [1.54, 1.807) is 18.2 Å². The van der Waals surface area contributed by atoms with E-state index in [1.807, 2.05) is 6.07 Å². The van der Waals surface area contributed by atoms with Crippen molar-refractivity contribution < 1.29 is 14.3 Å². The van der Waals surface area contributed by atoms with Crippen LogP contribution >= 0.6 is 31.9 Å². The molecule has 0 spiro atoms. The van der Waals surface area contributed by atoms with Gasteiger partial charge in [-0.3, -0.25) is 9.59 Å². The highest BCUT2D eigenvalue weighted by atomic mass is 79.9. The van der Waals surface area contributed by atoms with Crippen LogP contribution in [0.3, 0.4) is 0 Å². The first-order valence-corrected chi connectivity index (χ1v) is 6.07. The average molecular weight is 351 g/mol. The lowest BCUT2D eigenvalue weighted by molar-refractivity contribution is -0.146. The van der Waals surface area contributed by atoms with E-state index in [1.165, 1.54) is 6.92 Å². The molecule has 1 rings (SSSR count). The summed E-state index contributed by atoms with van der Waals surface area (Å²) in [7, 11) is 0. The number of nitrogens with one attached hydrogen (secondary N) is 1. The van der Waals surface area contributed by atoms with Gasteiger partial charge in [0.2, 0.25) is 5.01 Å². The molecule has 1 aromatic rings. The SMILES string of the molecule is CC(=O)OC(Br)C(=O)Nc1cccc(Br)c1. The molecule has 0 aliphatic carbocycles. The number of halogens is 2. The summed E-state index contributed by atoms with van der Waals surface area (Å²) in [5.41, 5.74) is 0.621. The molecule has 0 aromatic heterocycles. The molecule has 1 unspecified atom stereocenters. The molecule has 0 aliphatic heterocycles. The van der Waals surface area contributed by atoms with Crippen molar-refractivity contribution in [3.05, 3.63) is 28.7 Å². The average Bonchev–Trinajstić information content (AvgIpc) is 2.16. The van der Waals surface area contributed by atoms with Gasteiger partial charge in [0.1, 0.15) is 0 Å². The molecule has 1 amide bonds. The van der Waals surface area contributed by atoms with Crippen LogP contribution in [-0.2, 0) is 14.3 Å². The van der Waals surface area contributed by atoms with Crippen LogP contribution in [0, 0.1) is 0 Å². The van der Waals surface area contributed by atoms with Crippen LogP contribution in [0.1, 0.15) is 6.92 Å². The quantitative estimate of drug-likeness (QED) is 0.673. The van der Waals surface area contributed by atoms with Crippen molar-refractivity contribution in [1.29, 1.82) is 0 Å². The minimum absolute atomic E-state index is 0.437. The van der Waals surface area contributed by atoms with Gasteiger partial charge in [0.15, 0.2) is 0 Å². The van der Waals surface area contributed by atoms with Crippen molar-refractivity contribution in [2.45, 2.75) is 11.9 Å². The number of hydrogen-bond acceptors (Lipinski definition) is 3. The van der Waals surface area contributed by atoms with Gasteiger partial charge >= 0.3 is 5.97 Å². The first-order chi connectivity index (χ1) is 7.49. The molecular weight excluding hydrogens is 342 g/mol. The molecule has 0 radical (unpaired) electrons. The molecule has 0 saturated heterocycles. The summed E-state index contributed by atoms with van der Waals surface area (Å²) in [5.74, 6) is -0.959. The van der Waals surface area contributed by atoms with Crippen LogP contribution in [0.4, 0.5) is 5.69 Å². The van der Waals surface area contributed by atoms with Crippen LogP contribution < -0.4 is 5.32 Å². The van der Waals surface area contributed by atoms with E-state index >= 15 is 0 Å². The van der Waals surface area contributed by atoms with E-state index in [2.05, 4.69) is 41.9 Å². The van der Waals surface area contributed by atoms with E-state index in [0.29, 0.717) is 5.69 Å². The lowest BCUT2D eigenvalue weighted by atomic mass is 10.3. The second-order valence-corrected chi connectivity index (χ2v) is 4.67. The fourth-order valence-corrected chi connectivity index (χ4v) is 1.74. The highest BCUT2D eigenvalue weighted by Crippen LogP contribution is 2.16. The number of carbonyl (C=O) groups excluding carboxylic acids is 2. The third-order valence-corrected chi connectivity index (χ3v) is 2.66. The van der Waals surface area contributed by atoms with Gasteiger partial charge < -0.3 is 10.1 Å². The Morgan fingerprint density at radius 1 is 1.44 bits per heavy atom. The number of ether oxygens (including phenoxy) is 1. The van der Waals surface area contributed by atoms with E-state index in [0.717, 1.165) is 4.47 Å². The minimum Gasteiger partial charge on any atom is -0.441 e. The lowest BCUT2D eigenvalue weighted by Gasteiger charge is -2.10. The highest BCUT2D eigenvalue weighted by Gasteiger charge is 2.17. The van der Waals surface area contributed by atoms with Gasteiger partial charge in [-0.25, -0.2) is 0 Å². The maximum atomic E-state index is 11.5. The summed E-state index contributed by atoms with van der Waals surface area (Å²) in [6.07, 6.45) is 0. The number of esters is 1. The Hall–Kier alpha value is -0.880. The monoisotopic (exact) mass is 349 g/mol. The van der Waals surface area contributed by atoms with Gasteiger partial charge in [0.25, 0.3) is 5.91 Å². The third kappa shape index (κ3) is 4.32. The first-order valence-electron chi connectivity index (χ1n) is 4.37. The van der Waals surface area contributed by atoms with Gasteiger partial charge in [0, 0.05) is 17.1 Å². The Kier molecular flexibility index (Phi) is 4.95. The topological polar surface area (TPSA) is 55.4 Å². The molecule has 0 heterocycles. The van der Waals surface area contributed by atoms with Crippen LogP contribution in [-0.4, -0.2) is 16.9 Å². The van der Waals surface area contributed by atoms with Crippen molar-refractivity contribution in [2.24, 2.45) is 0 Å². The van der Waals surface area contributed by atoms with E-state index in [4.69, 9.17) is 0 Å². The maximum Gasteiger partial charge on any atom is 0.304 e. The molecule has 4 nitrogen and oxygen atoms in total. The van der Waals surface area contributed by atoms with E-state index in [9.17, 15) is 9.59 Å². The van der Waals surface area contributed by atoms with Crippen molar-refractivity contribution in [3.8, 4) is 0 Å². The summed E-state index contributed by atoms with van der Waals surface area (Å²) in [6, 6.07) is 7.10. The first kappa shape index (κ1) is 13.2. The van der Waals surface area contributed by atoms with Gasteiger partial charge in [-0.05, 0) is 34.1 Å². The normalized spacial score (nSPS) is 11.7. The zero-order valence-corrected chi connectivity index (χ0v) is 11.5. The molecular formula is C10H9Br2NO3. The van der Waals surface area contributed by atoms with Crippen LogP contribution in [0.5, 0.6) is 0 Å². The summed E-state index contributed by atoms with van der Waals surface area (Å²) in [4.78, 5) is 22.1. The summed E-state index contributed by atoms with van der Waals surface area (Å²) in [6.45, 7) is 1.24. The second kappa shape index (κ2) is 6.00. The Morgan fingerprint density at radius 2 is 2.12 bits per heavy atom. The number of amides is 1. The molecule has 1 atom stereocenters. The summed E-state index contributed by atoms with van der Waals surface area (Å²) < 4.78 is 5.52. The molecule has 0 fully saturated rings. The van der Waals surface area contributed by atoms with E-state index in [-0.39, 0.29) is 0 Å². The van der Waals surface area contributed by atoms with Gasteiger partial charge in [-0.2, -0.15) is 0 Å². The molecule has 16 heavy (non-hydrogen) atoms. The second-order valence-electron chi connectivity index (χ2n) is 2.93. The molecule has 0 bridgehead atoms. The summed E-state index contributed by atoms with van der Waals surface area (Å²) in [5, 5.41) is 1.61. The number of anilines is 1. The standard InChI is InChI=1S/C10H9Br2NO3/c1-6(14)16-9(12)10(15)13-8-4-2-3-7(11)5-8/h2-5,9H,1H3,(H,13,15). The molecule has 0 saturated carbocycles. The third-order valence-electron chi connectivity index (χ3n) is 1.57. The smallest absolute Gasteiger partial charge is 0.304 e. The van der Waals surface area contributed by atoms with Crippen LogP contribution in [0.25, 0.3) is 0 Å². The van der Waals surface area contributed by atoms with Gasteiger partial charge in [0.05, 0.1) is 0 Å². The maximum absolute atomic E-state index is 11.5. The molecule has 0 aliphatic rings. The zero-order valence-electron chi connectivity index (χ0n) is 8.37. The fourth-order valence-electron chi connectivity index (χ4n) is 0.964. The highest BCUT2D eigenvalue weighted by molar-refractivity contribution is 9.10. The van der Waals surface area contributed by atoms with Crippen molar-refractivity contribution in [2.75, 3.05) is 5.32 Å². The van der Waals surface area contributed by atoms with Gasteiger partial charge in [-0.15, -0.1) is 0 Å². The molecule has 1 aromatic carbocycles.